The highest BCUT2D eigenvalue weighted by molar-refractivity contribution is 7.90. The van der Waals surface area contributed by atoms with Gasteiger partial charge in [0.15, 0.2) is 4.90 Å². The molecule has 0 saturated carbocycles. The molecule has 0 spiro atoms. The van der Waals surface area contributed by atoms with E-state index in [-0.39, 0.29) is 14.3 Å². The number of nitrogens with zero attached hydrogens (tertiary/aromatic N) is 1. The van der Waals surface area contributed by atoms with E-state index in [2.05, 4.69) is 9.97 Å². The minimum absolute atomic E-state index is 0. The van der Waals surface area contributed by atoms with Crippen molar-refractivity contribution < 1.29 is 25.5 Å². The highest BCUT2D eigenvalue weighted by Gasteiger charge is 2.25. The van der Waals surface area contributed by atoms with Crippen molar-refractivity contribution in [3.05, 3.63) is 99.5 Å². The van der Waals surface area contributed by atoms with E-state index in [4.69, 9.17) is 9.47 Å². The third-order valence-electron chi connectivity index (χ3n) is 5.83. The molecule has 1 amide bonds. The molecule has 0 aliphatic heterocycles. The van der Waals surface area contributed by atoms with Crippen LogP contribution in [0.5, 0.6) is 17.4 Å². The Bertz CT molecular complexity index is 1670. The number of pyridine rings is 2. The zero-order valence-electron chi connectivity index (χ0n) is 22.1. The topological polar surface area (TPSA) is 127 Å². The standard InChI is InChI=1S/C29H29N3O6S.2H2/c1-5-15-37-22-10-8-21(9-11-22)24-13-12-23(27(33)32-39(35,36)25-7-6-14-30-28(25)34)29(31-24)38-26-19(3)16-18(2)17-20(26)4;;/h6-14,16-17H,5,15H2,1-4H3,(H,30,34)(H,32,33);2*1H. The van der Waals surface area contributed by atoms with Gasteiger partial charge in [0.05, 0.1) is 12.3 Å². The number of aryl methyl sites for hydroxylation is 3. The largest absolute Gasteiger partial charge is 0.494 e. The van der Waals surface area contributed by atoms with E-state index in [0.717, 1.165) is 40.5 Å². The molecule has 2 aromatic carbocycles. The quantitative estimate of drug-likeness (QED) is 0.279. The lowest BCUT2D eigenvalue weighted by molar-refractivity contribution is 0.0978. The Morgan fingerprint density at radius 1 is 1.03 bits per heavy atom. The van der Waals surface area contributed by atoms with Crippen molar-refractivity contribution >= 4 is 15.9 Å². The number of carbonyl (C=O) groups excluding carboxylic acids is 1. The molecule has 4 aromatic rings. The van der Waals surface area contributed by atoms with Crippen LogP contribution in [0.2, 0.25) is 0 Å². The molecule has 10 heteroatoms. The zero-order chi connectivity index (χ0) is 28.2. The smallest absolute Gasteiger partial charge is 0.270 e. The van der Waals surface area contributed by atoms with E-state index in [9.17, 15) is 18.0 Å². The van der Waals surface area contributed by atoms with Crippen molar-refractivity contribution in [2.45, 2.75) is 39.0 Å². The molecule has 2 N–H and O–H groups in total. The normalized spacial score (nSPS) is 11.2. The fraction of sp³-hybridized carbons (Fsp3) is 0.207. The summed E-state index contributed by atoms with van der Waals surface area (Å²) in [5.41, 5.74) is 2.99. The van der Waals surface area contributed by atoms with Crippen molar-refractivity contribution in [1.29, 1.82) is 0 Å². The average Bonchev–Trinajstić information content (AvgIpc) is 2.89. The van der Waals surface area contributed by atoms with E-state index in [1.165, 1.54) is 18.3 Å². The van der Waals surface area contributed by atoms with Gasteiger partial charge in [-0.3, -0.25) is 9.59 Å². The number of ether oxygens (including phenoxy) is 2. The summed E-state index contributed by atoms with van der Waals surface area (Å²) in [6.45, 7) is 8.34. The van der Waals surface area contributed by atoms with Crippen LogP contribution >= 0.6 is 0 Å². The first-order chi connectivity index (χ1) is 18.6. The number of carbonyl (C=O) groups is 1. The maximum atomic E-state index is 13.2. The van der Waals surface area contributed by atoms with Crippen LogP contribution in [0.1, 0.15) is 43.2 Å². The number of benzene rings is 2. The van der Waals surface area contributed by atoms with E-state index in [1.807, 2.05) is 68.8 Å². The van der Waals surface area contributed by atoms with Gasteiger partial charge in [-0.1, -0.05) is 24.6 Å². The number of H-pyrrole nitrogens is 1. The number of amides is 1. The summed E-state index contributed by atoms with van der Waals surface area (Å²) >= 11 is 0. The summed E-state index contributed by atoms with van der Waals surface area (Å²) in [6, 6.07) is 16.7. The lowest BCUT2D eigenvalue weighted by atomic mass is 10.1. The van der Waals surface area contributed by atoms with Crippen LogP contribution in [0.25, 0.3) is 11.3 Å². The van der Waals surface area contributed by atoms with E-state index in [0.29, 0.717) is 18.1 Å². The molecule has 0 saturated heterocycles. The van der Waals surface area contributed by atoms with Crippen LogP contribution in [0, 0.1) is 20.8 Å². The van der Waals surface area contributed by atoms with Crippen LogP contribution in [0.15, 0.2) is 76.6 Å². The van der Waals surface area contributed by atoms with E-state index >= 15 is 0 Å². The lowest BCUT2D eigenvalue weighted by Gasteiger charge is -2.16. The van der Waals surface area contributed by atoms with Crippen molar-refractivity contribution in [2.75, 3.05) is 6.61 Å². The second-order valence-electron chi connectivity index (χ2n) is 9.05. The van der Waals surface area contributed by atoms with Crippen molar-refractivity contribution in [1.82, 2.24) is 14.7 Å². The molecule has 0 bridgehead atoms. The molecular weight excluding hydrogens is 518 g/mol. The molecule has 2 aromatic heterocycles. The fourth-order valence-electron chi connectivity index (χ4n) is 4.07. The molecule has 0 unspecified atom stereocenters. The van der Waals surface area contributed by atoms with Gasteiger partial charge in [0.1, 0.15) is 17.1 Å². The van der Waals surface area contributed by atoms with Crippen molar-refractivity contribution in [3.8, 4) is 28.6 Å². The molecule has 206 valence electrons. The first-order valence-electron chi connectivity index (χ1n) is 12.3. The van der Waals surface area contributed by atoms with Crippen LogP contribution in [0.3, 0.4) is 0 Å². The van der Waals surface area contributed by atoms with Gasteiger partial charge >= 0.3 is 0 Å². The Hall–Kier alpha value is -4.44. The van der Waals surface area contributed by atoms with Gasteiger partial charge in [-0.15, -0.1) is 0 Å². The van der Waals surface area contributed by atoms with Gasteiger partial charge in [0.2, 0.25) is 5.88 Å². The van der Waals surface area contributed by atoms with Gasteiger partial charge in [-0.25, -0.2) is 18.1 Å². The van der Waals surface area contributed by atoms with Crippen LogP contribution in [0.4, 0.5) is 0 Å². The van der Waals surface area contributed by atoms with Gasteiger partial charge in [-0.2, -0.15) is 0 Å². The minimum atomic E-state index is -4.47. The molecule has 39 heavy (non-hydrogen) atoms. The maximum absolute atomic E-state index is 13.2. The van der Waals surface area contributed by atoms with E-state index in [1.54, 1.807) is 6.07 Å². The lowest BCUT2D eigenvalue weighted by Crippen LogP contribution is -2.34. The highest BCUT2D eigenvalue weighted by atomic mass is 32.2. The number of sulfonamides is 1. The van der Waals surface area contributed by atoms with Crippen LogP contribution in [-0.2, 0) is 10.0 Å². The molecular formula is C29H33N3O6S. The third kappa shape index (κ3) is 6.35. The molecule has 2 heterocycles. The first kappa shape index (κ1) is 27.6. The fourth-order valence-corrected chi connectivity index (χ4v) is 5.09. The van der Waals surface area contributed by atoms with Crippen molar-refractivity contribution in [3.63, 3.8) is 0 Å². The molecule has 0 fully saturated rings. The van der Waals surface area contributed by atoms with E-state index < -0.39 is 26.4 Å². The molecule has 0 atom stereocenters. The predicted molar refractivity (Wildman–Crippen MR) is 152 cm³/mol. The predicted octanol–water partition coefficient (Wildman–Crippen LogP) is 5.55. The second-order valence-corrected chi connectivity index (χ2v) is 10.7. The highest BCUT2D eigenvalue weighted by Crippen LogP contribution is 2.33. The summed E-state index contributed by atoms with van der Waals surface area (Å²) in [5.74, 6) is 0.159. The number of nitrogens with one attached hydrogen (secondary N) is 2. The Morgan fingerprint density at radius 3 is 2.36 bits per heavy atom. The number of rotatable bonds is 9. The minimum Gasteiger partial charge on any atom is -0.494 e. The summed E-state index contributed by atoms with van der Waals surface area (Å²) in [4.78, 5) is 31.6. The average molecular weight is 552 g/mol. The zero-order valence-corrected chi connectivity index (χ0v) is 22.9. The number of hydrogen-bond donors (Lipinski definition) is 2. The van der Waals surface area contributed by atoms with Crippen LogP contribution in [-0.4, -0.2) is 30.9 Å². The number of aromatic nitrogens is 2. The molecule has 9 nitrogen and oxygen atoms in total. The molecule has 0 aliphatic carbocycles. The van der Waals surface area contributed by atoms with Crippen molar-refractivity contribution in [2.24, 2.45) is 0 Å². The SMILES string of the molecule is CCCOc1ccc(-c2ccc(C(=O)NS(=O)(=O)c3ccc[nH]c3=O)c(Oc3c(C)cc(C)cc3C)n2)cc1.[HH].[HH]. The third-order valence-corrected chi connectivity index (χ3v) is 7.18. The van der Waals surface area contributed by atoms with Gasteiger partial charge in [0.25, 0.3) is 21.5 Å². The Morgan fingerprint density at radius 2 is 1.72 bits per heavy atom. The summed E-state index contributed by atoms with van der Waals surface area (Å²) in [6.07, 6.45) is 2.19. The Labute approximate surface area is 229 Å². The number of hydrogen-bond acceptors (Lipinski definition) is 7. The van der Waals surface area contributed by atoms with Crippen LogP contribution < -0.4 is 19.8 Å². The van der Waals surface area contributed by atoms with Gasteiger partial charge < -0.3 is 14.5 Å². The van der Waals surface area contributed by atoms with Gasteiger partial charge in [0, 0.05) is 14.6 Å². The monoisotopic (exact) mass is 551 g/mol. The Balaban J connectivity index is 0.00000294. The first-order valence-corrected chi connectivity index (χ1v) is 13.8. The molecule has 4 rings (SSSR count). The summed E-state index contributed by atoms with van der Waals surface area (Å²) < 4.78 is 39.4. The molecule has 0 radical (unpaired) electrons. The summed E-state index contributed by atoms with van der Waals surface area (Å²) in [7, 11) is -4.47. The van der Waals surface area contributed by atoms with Gasteiger partial charge in [-0.05, 0) is 86.8 Å². The number of aromatic amines is 1. The summed E-state index contributed by atoms with van der Waals surface area (Å²) in [5, 5.41) is 0. The maximum Gasteiger partial charge on any atom is 0.270 e. The Kier molecular flexibility index (Phi) is 8.15. The second kappa shape index (κ2) is 11.5. The molecule has 0 aliphatic rings.